The molecule has 4 N–H and O–H groups in total. The molecule has 3 unspecified atom stereocenters. The first kappa shape index (κ1) is 33.8. The minimum atomic E-state index is -4.86. The highest BCUT2D eigenvalue weighted by Gasteiger charge is 2.49. The predicted octanol–water partition coefficient (Wildman–Crippen LogP) is 4.56. The Morgan fingerprint density at radius 1 is 1.04 bits per heavy atom. The molecule has 0 saturated carbocycles. The van der Waals surface area contributed by atoms with Gasteiger partial charge in [0.25, 0.3) is 11.8 Å². The lowest BCUT2D eigenvalue weighted by Gasteiger charge is -2.33. The Hall–Kier alpha value is -4.10. The van der Waals surface area contributed by atoms with Crippen LogP contribution in [0.15, 0.2) is 66.7 Å². The van der Waals surface area contributed by atoms with Crippen molar-refractivity contribution in [2.24, 2.45) is 0 Å². The van der Waals surface area contributed by atoms with E-state index < -0.39 is 58.2 Å². The molecule has 3 amide bonds. The molecule has 240 valence electrons. The van der Waals surface area contributed by atoms with Crippen molar-refractivity contribution >= 4 is 29.5 Å². The van der Waals surface area contributed by atoms with Crippen LogP contribution < -0.4 is 10.6 Å². The van der Waals surface area contributed by atoms with Gasteiger partial charge in [-0.2, -0.15) is 13.2 Å². The van der Waals surface area contributed by atoms with Crippen LogP contribution >= 0.6 is 11.8 Å². The highest BCUT2D eigenvalue weighted by molar-refractivity contribution is 8.00. The number of phenols is 1. The van der Waals surface area contributed by atoms with Crippen LogP contribution in [-0.2, 0) is 28.7 Å². The molecule has 45 heavy (non-hydrogen) atoms. The van der Waals surface area contributed by atoms with E-state index in [9.17, 15) is 42.2 Å². The van der Waals surface area contributed by atoms with E-state index in [1.54, 1.807) is 51.1 Å². The van der Waals surface area contributed by atoms with Gasteiger partial charge in [-0.15, -0.1) is 11.8 Å². The number of halogens is 4. The zero-order valence-electron chi connectivity index (χ0n) is 24.7. The van der Waals surface area contributed by atoms with Gasteiger partial charge in [0.2, 0.25) is 5.91 Å². The molecule has 3 atom stereocenters. The van der Waals surface area contributed by atoms with E-state index in [1.165, 1.54) is 34.9 Å². The van der Waals surface area contributed by atoms with E-state index in [2.05, 4.69) is 10.6 Å². The van der Waals surface area contributed by atoms with Crippen molar-refractivity contribution in [3.63, 3.8) is 0 Å². The molecule has 1 heterocycles. The molecule has 0 aromatic heterocycles. The first-order chi connectivity index (χ1) is 21.1. The summed E-state index contributed by atoms with van der Waals surface area (Å²) in [7, 11) is 0. The third-order valence-electron chi connectivity index (χ3n) is 7.68. The van der Waals surface area contributed by atoms with Gasteiger partial charge in [0.1, 0.15) is 17.6 Å². The molecule has 0 radical (unpaired) electrons. The summed E-state index contributed by atoms with van der Waals surface area (Å²) in [4.78, 5) is 41.7. The second-order valence-electron chi connectivity index (χ2n) is 11.3. The maximum Gasteiger partial charge on any atom is 0.419 e. The minimum absolute atomic E-state index is 0.0353. The van der Waals surface area contributed by atoms with E-state index >= 15 is 0 Å². The van der Waals surface area contributed by atoms with Crippen molar-refractivity contribution < 1.29 is 42.2 Å². The van der Waals surface area contributed by atoms with Crippen LogP contribution in [0.5, 0.6) is 5.75 Å². The van der Waals surface area contributed by atoms with Crippen molar-refractivity contribution in [3.8, 4) is 5.75 Å². The number of aliphatic hydroxyl groups is 1. The van der Waals surface area contributed by atoms with Crippen LogP contribution in [0.25, 0.3) is 0 Å². The number of thioether (sulfide) groups is 1. The predicted molar refractivity (Wildman–Crippen MR) is 161 cm³/mol. The number of amides is 3. The van der Waals surface area contributed by atoms with Crippen molar-refractivity contribution in [1.82, 2.24) is 15.5 Å². The summed E-state index contributed by atoms with van der Waals surface area (Å²) >= 11 is 1.28. The van der Waals surface area contributed by atoms with Crippen molar-refractivity contribution in [3.05, 3.63) is 100 Å². The molecule has 1 saturated heterocycles. The van der Waals surface area contributed by atoms with Crippen molar-refractivity contribution in [2.75, 3.05) is 5.88 Å². The van der Waals surface area contributed by atoms with Gasteiger partial charge in [0.15, 0.2) is 6.10 Å². The van der Waals surface area contributed by atoms with Crippen molar-refractivity contribution in [1.29, 1.82) is 0 Å². The Kier molecular flexibility index (Phi) is 10.1. The molecule has 1 aliphatic heterocycles. The molecule has 4 rings (SSSR count). The van der Waals surface area contributed by atoms with E-state index in [1.807, 2.05) is 0 Å². The smallest absolute Gasteiger partial charge is 0.419 e. The Morgan fingerprint density at radius 2 is 1.73 bits per heavy atom. The Balaban J connectivity index is 1.54. The van der Waals surface area contributed by atoms with E-state index in [-0.39, 0.29) is 35.7 Å². The first-order valence-electron chi connectivity index (χ1n) is 14.0. The molecule has 0 bridgehead atoms. The fourth-order valence-electron chi connectivity index (χ4n) is 5.16. The summed E-state index contributed by atoms with van der Waals surface area (Å²) in [5.41, 5.74) is -0.147. The number of alkyl halides is 3. The number of aromatic hydroxyl groups is 1. The zero-order valence-corrected chi connectivity index (χ0v) is 25.5. The lowest BCUT2D eigenvalue weighted by Crippen LogP contribution is -2.58. The number of rotatable bonds is 9. The fourth-order valence-corrected chi connectivity index (χ4v) is 6.30. The number of carbonyl (C=O) groups excluding carboxylic acids is 3. The van der Waals surface area contributed by atoms with Gasteiger partial charge in [-0.3, -0.25) is 14.4 Å². The van der Waals surface area contributed by atoms with Gasteiger partial charge < -0.3 is 25.7 Å². The SMILES string of the molecule is Cc1c(O)cccc1C(=O)NC(Cc1ccccc1)C(O)C(=O)N1CSC(C)(C)C1C(=O)NCc1ccc(C(F)(F)F)c(F)c1. The number of nitrogens with one attached hydrogen (secondary N) is 2. The highest BCUT2D eigenvalue weighted by atomic mass is 32.2. The van der Waals surface area contributed by atoms with Gasteiger partial charge >= 0.3 is 6.18 Å². The van der Waals surface area contributed by atoms with Gasteiger partial charge in [-0.05, 0) is 62.6 Å². The normalized spacial score (nSPS) is 17.4. The van der Waals surface area contributed by atoms with Crippen LogP contribution in [0, 0.1) is 12.7 Å². The molecule has 3 aromatic carbocycles. The molecule has 0 aliphatic carbocycles. The maximum atomic E-state index is 14.1. The molecule has 3 aromatic rings. The van der Waals surface area contributed by atoms with Crippen LogP contribution in [0.4, 0.5) is 17.6 Å². The lowest BCUT2D eigenvalue weighted by atomic mass is 9.96. The van der Waals surface area contributed by atoms with Crippen LogP contribution in [0.1, 0.15) is 46.5 Å². The zero-order chi connectivity index (χ0) is 33.1. The Labute approximate surface area is 261 Å². The number of hydrogen-bond acceptors (Lipinski definition) is 6. The van der Waals surface area contributed by atoms with E-state index in [4.69, 9.17) is 0 Å². The Morgan fingerprint density at radius 3 is 2.38 bits per heavy atom. The highest BCUT2D eigenvalue weighted by Crippen LogP contribution is 2.40. The van der Waals surface area contributed by atoms with E-state index in [0.29, 0.717) is 17.7 Å². The van der Waals surface area contributed by atoms with Gasteiger partial charge in [-0.25, -0.2) is 4.39 Å². The fraction of sp³-hybridized carbons (Fsp3) is 0.344. The van der Waals surface area contributed by atoms with E-state index in [0.717, 1.165) is 11.6 Å². The third-order valence-corrected chi connectivity index (χ3v) is 9.06. The number of phenolic OH excluding ortho intramolecular Hbond substituents is 1. The molecule has 13 heteroatoms. The second-order valence-corrected chi connectivity index (χ2v) is 12.9. The summed E-state index contributed by atoms with van der Waals surface area (Å²) in [5, 5.41) is 26.7. The molecular formula is C32H33F4N3O5S. The monoisotopic (exact) mass is 647 g/mol. The van der Waals surface area contributed by atoms with Crippen molar-refractivity contribution in [2.45, 2.75) is 62.8 Å². The summed E-state index contributed by atoms with van der Waals surface area (Å²) in [6.45, 7) is 4.72. The number of benzene rings is 3. The minimum Gasteiger partial charge on any atom is -0.508 e. The summed E-state index contributed by atoms with van der Waals surface area (Å²) in [6, 6.07) is 13.4. The van der Waals surface area contributed by atoms with Gasteiger partial charge in [-0.1, -0.05) is 42.5 Å². The first-order valence-corrected chi connectivity index (χ1v) is 15.0. The summed E-state index contributed by atoms with van der Waals surface area (Å²) in [5.74, 6) is -3.62. The van der Waals surface area contributed by atoms with Crippen LogP contribution in [-0.4, -0.2) is 61.6 Å². The topological polar surface area (TPSA) is 119 Å². The second kappa shape index (κ2) is 13.5. The summed E-state index contributed by atoms with van der Waals surface area (Å²) in [6.07, 6.45) is -6.57. The molecule has 1 aliphatic rings. The van der Waals surface area contributed by atoms with Crippen LogP contribution in [0.2, 0.25) is 0 Å². The largest absolute Gasteiger partial charge is 0.508 e. The standard InChI is InChI=1S/C32H33F4N3O5S/c1-18-21(10-7-11-25(18)40)28(42)38-24(15-19-8-5-4-6-9-19)26(41)30(44)39-17-45-31(2,3)27(39)29(43)37-16-20-12-13-22(23(33)14-20)32(34,35)36/h4-14,24,26-27,40-41H,15-17H2,1-3H3,(H,37,43)(H,38,42). The number of aliphatic hydroxyl groups excluding tert-OH is 1. The van der Waals surface area contributed by atoms with Crippen LogP contribution in [0.3, 0.4) is 0 Å². The van der Waals surface area contributed by atoms with Gasteiger partial charge in [0, 0.05) is 22.4 Å². The lowest BCUT2D eigenvalue weighted by molar-refractivity contribution is -0.147. The maximum absolute atomic E-state index is 14.1. The number of nitrogens with zero attached hydrogens (tertiary/aromatic N) is 1. The molecular weight excluding hydrogens is 614 g/mol. The molecule has 8 nitrogen and oxygen atoms in total. The quantitative estimate of drug-likeness (QED) is 0.253. The average Bonchev–Trinajstić information content (AvgIpc) is 3.30. The molecule has 0 spiro atoms. The number of carbonyl (C=O) groups is 3. The average molecular weight is 648 g/mol. The Bertz CT molecular complexity index is 1570. The number of hydrogen-bond donors (Lipinski definition) is 4. The third kappa shape index (κ3) is 7.77. The summed E-state index contributed by atoms with van der Waals surface area (Å²) < 4.78 is 52.0. The van der Waals surface area contributed by atoms with Gasteiger partial charge in [0.05, 0.1) is 17.5 Å². The molecule has 1 fully saturated rings.